The van der Waals surface area contributed by atoms with Crippen LogP contribution >= 0.6 is 0 Å². The van der Waals surface area contributed by atoms with E-state index in [1.54, 1.807) is 17.2 Å². The first-order chi connectivity index (χ1) is 28.6. The zero-order chi connectivity index (χ0) is 43.0. The summed E-state index contributed by atoms with van der Waals surface area (Å²) in [4.78, 5) is 22.9. The molecule has 8 aliphatic rings. The minimum absolute atomic E-state index is 0.0644. The Hall–Kier alpha value is -1.92. The maximum Gasteiger partial charge on any atom is 0.330 e. The van der Waals surface area contributed by atoms with E-state index in [1.165, 1.54) is 91.3 Å². The van der Waals surface area contributed by atoms with Crippen LogP contribution in [0.5, 0.6) is 0 Å². The summed E-state index contributed by atoms with van der Waals surface area (Å²) in [6.45, 7) is 14.3. The van der Waals surface area contributed by atoms with Gasteiger partial charge in [-0.15, -0.1) is 0 Å². The SMILES string of the molecule is CC[C@]1(O)CC[C@H]2C(=CC[C@@H]3[C@@H]2CC[C@]2(C)[C@@H]([C@H](C)C/C=C\C(=O)OC)CC[C@@H]32)C1.CC[C@]1(O)CC[C@H]2C(=CC[C@@H]3[C@@H]2CC[C@]2(C)[C@@H]([C@H](C)CCCC(=O)OC)CC[C@@H]32)C1. The van der Waals surface area contributed by atoms with Crippen LogP contribution in [0.1, 0.15) is 183 Å². The van der Waals surface area contributed by atoms with Gasteiger partial charge >= 0.3 is 11.9 Å². The predicted octanol–water partition coefficient (Wildman–Crippen LogP) is 12.4. The van der Waals surface area contributed by atoms with Crippen molar-refractivity contribution in [1.29, 1.82) is 0 Å². The van der Waals surface area contributed by atoms with Crippen LogP contribution in [-0.4, -0.2) is 47.6 Å². The molecule has 6 heteroatoms. The molecule has 8 rings (SSSR count). The number of aliphatic hydroxyl groups is 2. The van der Waals surface area contributed by atoms with Crippen molar-refractivity contribution in [3.05, 3.63) is 35.5 Å². The third kappa shape index (κ3) is 8.92. The number of hydrogen-bond donors (Lipinski definition) is 2. The molecule has 0 radical (unpaired) electrons. The second-order valence-corrected chi connectivity index (χ2v) is 22.7. The Bertz CT molecular complexity index is 1610. The van der Waals surface area contributed by atoms with Crippen molar-refractivity contribution in [3.63, 3.8) is 0 Å². The summed E-state index contributed by atoms with van der Waals surface area (Å²) in [5.41, 5.74) is 3.24. The van der Waals surface area contributed by atoms with Gasteiger partial charge < -0.3 is 19.7 Å². The van der Waals surface area contributed by atoms with Gasteiger partial charge in [-0.3, -0.25) is 4.79 Å². The predicted molar refractivity (Wildman–Crippen MR) is 242 cm³/mol. The van der Waals surface area contributed by atoms with Crippen LogP contribution < -0.4 is 0 Å². The van der Waals surface area contributed by atoms with Crippen LogP contribution in [0.4, 0.5) is 0 Å². The Morgan fingerprint density at radius 3 is 1.67 bits per heavy atom. The molecule has 6 saturated carbocycles. The molecule has 0 bridgehead atoms. The summed E-state index contributed by atoms with van der Waals surface area (Å²) in [6, 6.07) is 0. The average Bonchev–Trinajstić information content (AvgIpc) is 3.80. The Morgan fingerprint density at radius 2 is 1.20 bits per heavy atom. The molecule has 0 unspecified atom stereocenters. The smallest absolute Gasteiger partial charge is 0.330 e. The average molecular weight is 831 g/mol. The van der Waals surface area contributed by atoms with E-state index in [-0.39, 0.29) is 11.9 Å². The molecule has 60 heavy (non-hydrogen) atoms. The lowest BCUT2D eigenvalue weighted by atomic mass is 9.50. The van der Waals surface area contributed by atoms with Gasteiger partial charge in [0.25, 0.3) is 0 Å². The topological polar surface area (TPSA) is 93.1 Å². The number of esters is 2. The number of hydrogen-bond acceptors (Lipinski definition) is 6. The van der Waals surface area contributed by atoms with Gasteiger partial charge in [0.2, 0.25) is 0 Å². The molecule has 16 atom stereocenters. The molecule has 0 aromatic rings. The molecule has 0 heterocycles. The van der Waals surface area contributed by atoms with Gasteiger partial charge in [0.15, 0.2) is 0 Å². The third-order valence-corrected chi connectivity index (χ3v) is 20.3. The van der Waals surface area contributed by atoms with Crippen LogP contribution in [0, 0.1) is 81.8 Å². The lowest BCUT2D eigenvalue weighted by Crippen LogP contribution is -2.48. The highest BCUT2D eigenvalue weighted by atomic mass is 16.5. The van der Waals surface area contributed by atoms with E-state index in [9.17, 15) is 19.8 Å². The summed E-state index contributed by atoms with van der Waals surface area (Å²) < 4.78 is 9.56. The van der Waals surface area contributed by atoms with Crippen LogP contribution in [0.3, 0.4) is 0 Å². The fourth-order valence-corrected chi connectivity index (χ4v) is 16.8. The summed E-state index contributed by atoms with van der Waals surface area (Å²) in [5.74, 6) is 9.17. The molecule has 0 saturated heterocycles. The zero-order valence-corrected chi connectivity index (χ0v) is 39.3. The summed E-state index contributed by atoms with van der Waals surface area (Å²) in [6.07, 6.45) is 33.9. The molecule has 6 nitrogen and oxygen atoms in total. The molecule has 2 N–H and O–H groups in total. The van der Waals surface area contributed by atoms with Crippen molar-refractivity contribution >= 4 is 11.9 Å². The lowest BCUT2D eigenvalue weighted by Gasteiger charge is -2.55. The molecular weight excluding hydrogens is 745 g/mol. The Labute approximate surface area is 365 Å². The molecule has 8 aliphatic carbocycles. The van der Waals surface area contributed by atoms with Crippen molar-refractivity contribution < 1.29 is 29.3 Å². The molecule has 338 valence electrons. The van der Waals surface area contributed by atoms with Gasteiger partial charge in [0.05, 0.1) is 25.4 Å². The van der Waals surface area contributed by atoms with Gasteiger partial charge in [0, 0.05) is 12.5 Å². The van der Waals surface area contributed by atoms with Crippen molar-refractivity contribution in [2.75, 3.05) is 14.2 Å². The van der Waals surface area contributed by atoms with Crippen molar-refractivity contribution in [2.45, 2.75) is 194 Å². The van der Waals surface area contributed by atoms with E-state index < -0.39 is 11.2 Å². The third-order valence-electron chi connectivity index (χ3n) is 20.3. The number of ether oxygens (including phenoxy) is 2. The molecule has 0 aromatic carbocycles. The maximum absolute atomic E-state index is 11.5. The van der Waals surface area contributed by atoms with E-state index in [0.29, 0.717) is 29.1 Å². The quantitative estimate of drug-likeness (QED) is 0.122. The number of rotatable bonds is 11. The van der Waals surface area contributed by atoms with E-state index in [0.717, 1.165) is 117 Å². The van der Waals surface area contributed by atoms with Gasteiger partial charge in [-0.25, -0.2) is 4.79 Å². The Balaban J connectivity index is 0.000000181. The van der Waals surface area contributed by atoms with E-state index in [1.807, 2.05) is 6.08 Å². The number of carbonyl (C=O) groups excluding carboxylic acids is 2. The first-order valence-corrected chi connectivity index (χ1v) is 25.3. The number of methoxy groups -OCH3 is 2. The van der Waals surface area contributed by atoms with Gasteiger partial charge in [-0.2, -0.15) is 0 Å². The van der Waals surface area contributed by atoms with Gasteiger partial charge in [0.1, 0.15) is 0 Å². The van der Waals surface area contributed by atoms with Crippen LogP contribution in [0.2, 0.25) is 0 Å². The maximum atomic E-state index is 11.5. The highest BCUT2D eigenvalue weighted by molar-refractivity contribution is 5.81. The summed E-state index contributed by atoms with van der Waals surface area (Å²) >= 11 is 0. The number of allylic oxidation sites excluding steroid dienone is 3. The standard InChI is InChI=1S/C27H44O3.C27H42O3/c2*1-5-27(29)16-14-20-19(17-27)9-10-22-21(20)13-15-26(3)23(11-12-24(22)26)18(2)7-6-8-25(28)30-4/h9,18,20-24,29H,5-8,10-17H2,1-4H3;6,8-9,18,20-24,29H,5,7,10-17H2,1-4H3/b;8-6-/t2*18-,20+,21-,22-,23-,24+,26-,27+/m11/s1. The molecule has 0 aliphatic heterocycles. The second-order valence-electron chi connectivity index (χ2n) is 22.7. The van der Waals surface area contributed by atoms with E-state index in [2.05, 4.69) is 53.7 Å². The Kier molecular flexibility index (Phi) is 14.3. The van der Waals surface area contributed by atoms with Crippen LogP contribution in [0.25, 0.3) is 0 Å². The summed E-state index contributed by atoms with van der Waals surface area (Å²) in [7, 11) is 2.93. The molecular formula is C54H86O6. The minimum atomic E-state index is -0.441. The second kappa shape index (κ2) is 18.7. The highest BCUT2D eigenvalue weighted by Gasteiger charge is 2.58. The molecule has 0 spiro atoms. The highest BCUT2D eigenvalue weighted by Crippen LogP contribution is 2.67. The fourth-order valence-electron chi connectivity index (χ4n) is 16.8. The van der Waals surface area contributed by atoms with Crippen molar-refractivity contribution in [1.82, 2.24) is 0 Å². The van der Waals surface area contributed by atoms with Crippen LogP contribution in [0.15, 0.2) is 35.5 Å². The van der Waals surface area contributed by atoms with Gasteiger partial charge in [-0.05, 0) is 217 Å². The molecule has 6 fully saturated rings. The van der Waals surface area contributed by atoms with E-state index >= 15 is 0 Å². The zero-order valence-electron chi connectivity index (χ0n) is 39.3. The lowest BCUT2D eigenvalue weighted by molar-refractivity contribution is -0.140. The van der Waals surface area contributed by atoms with Crippen molar-refractivity contribution in [3.8, 4) is 0 Å². The molecule has 0 aromatic heterocycles. The first-order valence-electron chi connectivity index (χ1n) is 25.3. The van der Waals surface area contributed by atoms with Crippen molar-refractivity contribution in [2.24, 2.45) is 81.8 Å². The van der Waals surface area contributed by atoms with Gasteiger partial charge in [-0.1, -0.05) is 70.9 Å². The minimum Gasteiger partial charge on any atom is -0.469 e. The number of fused-ring (bicyclic) bond motifs is 10. The normalized spacial score (nSPS) is 43.9. The van der Waals surface area contributed by atoms with E-state index in [4.69, 9.17) is 9.47 Å². The number of carbonyl (C=O) groups is 2. The fraction of sp³-hybridized carbons (Fsp3) is 0.852. The Morgan fingerprint density at radius 1 is 0.700 bits per heavy atom. The molecule has 0 amide bonds. The monoisotopic (exact) mass is 831 g/mol. The summed E-state index contributed by atoms with van der Waals surface area (Å²) in [5, 5.41) is 21.7. The van der Waals surface area contributed by atoms with Crippen LogP contribution in [-0.2, 0) is 19.1 Å². The first kappa shape index (κ1) is 46.1. The largest absolute Gasteiger partial charge is 0.469 e.